The predicted octanol–water partition coefficient (Wildman–Crippen LogP) is 1.57. The van der Waals surface area contributed by atoms with E-state index >= 15 is 0 Å². The van der Waals surface area contributed by atoms with Gasteiger partial charge in [-0.1, -0.05) is 24.3 Å². The second-order valence-corrected chi connectivity index (χ2v) is 3.86. The Morgan fingerprint density at radius 2 is 2.31 bits per heavy atom. The first-order valence-corrected chi connectivity index (χ1v) is 5.15. The van der Waals surface area contributed by atoms with Crippen LogP contribution in [-0.4, -0.2) is 31.4 Å². The standard InChI is InChI=1S/C12H14O4/c1-15-11(12(13)14)9-4-2-3-8(5-9)10-6-16-7-10/h2-5,10-11H,6-7H2,1H3,(H,13,14). The van der Waals surface area contributed by atoms with Gasteiger partial charge in [0, 0.05) is 13.0 Å². The molecular weight excluding hydrogens is 208 g/mol. The van der Waals surface area contributed by atoms with E-state index in [9.17, 15) is 4.79 Å². The molecule has 1 unspecified atom stereocenters. The molecular formula is C12H14O4. The average Bonchev–Trinajstić information content (AvgIpc) is 2.16. The summed E-state index contributed by atoms with van der Waals surface area (Å²) >= 11 is 0. The molecule has 16 heavy (non-hydrogen) atoms. The van der Waals surface area contributed by atoms with Crippen LogP contribution in [0.25, 0.3) is 0 Å². The minimum Gasteiger partial charge on any atom is -0.479 e. The van der Waals surface area contributed by atoms with Crippen molar-refractivity contribution in [3.8, 4) is 0 Å². The number of rotatable bonds is 4. The summed E-state index contributed by atoms with van der Waals surface area (Å²) in [6, 6.07) is 7.50. The minimum absolute atomic E-state index is 0.395. The molecule has 1 N–H and O–H groups in total. The second kappa shape index (κ2) is 4.63. The Balaban J connectivity index is 2.23. The maximum absolute atomic E-state index is 10.9. The van der Waals surface area contributed by atoms with Crippen LogP contribution in [0.1, 0.15) is 23.1 Å². The summed E-state index contributed by atoms with van der Waals surface area (Å²) in [6.45, 7) is 1.43. The fourth-order valence-corrected chi connectivity index (χ4v) is 1.78. The summed E-state index contributed by atoms with van der Waals surface area (Å²) in [5.74, 6) is -0.573. The lowest BCUT2D eigenvalue weighted by molar-refractivity contribution is -0.148. The molecule has 2 rings (SSSR count). The summed E-state index contributed by atoms with van der Waals surface area (Å²) in [5, 5.41) is 8.98. The molecule has 4 heteroatoms. The molecule has 1 saturated heterocycles. The molecule has 1 aliphatic heterocycles. The van der Waals surface area contributed by atoms with Crippen LogP contribution in [0.5, 0.6) is 0 Å². The van der Waals surface area contributed by atoms with Gasteiger partial charge in [0.15, 0.2) is 6.10 Å². The van der Waals surface area contributed by atoms with Gasteiger partial charge >= 0.3 is 5.97 Å². The second-order valence-electron chi connectivity index (χ2n) is 3.86. The first-order chi connectivity index (χ1) is 7.72. The van der Waals surface area contributed by atoms with Gasteiger partial charge in [-0.2, -0.15) is 0 Å². The van der Waals surface area contributed by atoms with Gasteiger partial charge in [-0.15, -0.1) is 0 Å². The Morgan fingerprint density at radius 3 is 2.81 bits per heavy atom. The molecule has 0 radical (unpaired) electrons. The molecule has 1 aromatic rings. The first kappa shape index (κ1) is 11.1. The fourth-order valence-electron chi connectivity index (χ4n) is 1.78. The largest absolute Gasteiger partial charge is 0.479 e. The Bertz CT molecular complexity index is 384. The van der Waals surface area contributed by atoms with E-state index in [1.807, 2.05) is 18.2 Å². The van der Waals surface area contributed by atoms with Crippen molar-refractivity contribution < 1.29 is 19.4 Å². The highest BCUT2D eigenvalue weighted by Gasteiger charge is 2.23. The molecule has 4 nitrogen and oxygen atoms in total. The van der Waals surface area contributed by atoms with Crippen LogP contribution < -0.4 is 0 Å². The van der Waals surface area contributed by atoms with E-state index in [1.165, 1.54) is 7.11 Å². The van der Waals surface area contributed by atoms with Gasteiger partial charge in [0.05, 0.1) is 13.2 Å². The van der Waals surface area contributed by atoms with Gasteiger partial charge in [0.25, 0.3) is 0 Å². The zero-order valence-corrected chi connectivity index (χ0v) is 9.05. The predicted molar refractivity (Wildman–Crippen MR) is 57.4 cm³/mol. The number of ether oxygens (including phenoxy) is 2. The van der Waals surface area contributed by atoms with Crippen molar-refractivity contribution in [2.75, 3.05) is 20.3 Å². The maximum atomic E-state index is 10.9. The molecule has 0 bridgehead atoms. The summed E-state index contributed by atoms with van der Waals surface area (Å²) < 4.78 is 10.1. The number of methoxy groups -OCH3 is 1. The number of carbonyl (C=O) groups is 1. The normalized spacial score (nSPS) is 17.8. The highest BCUT2D eigenvalue weighted by atomic mass is 16.5. The van der Waals surface area contributed by atoms with Gasteiger partial charge in [-0.25, -0.2) is 4.79 Å². The third-order valence-corrected chi connectivity index (χ3v) is 2.78. The zero-order valence-electron chi connectivity index (χ0n) is 9.05. The van der Waals surface area contributed by atoms with E-state index in [2.05, 4.69) is 0 Å². The van der Waals surface area contributed by atoms with Crippen LogP contribution >= 0.6 is 0 Å². The van der Waals surface area contributed by atoms with E-state index in [0.29, 0.717) is 24.7 Å². The van der Waals surface area contributed by atoms with Crippen molar-refractivity contribution >= 4 is 5.97 Å². The molecule has 0 spiro atoms. The molecule has 0 saturated carbocycles. The summed E-state index contributed by atoms with van der Waals surface area (Å²) in [7, 11) is 1.40. The minimum atomic E-state index is -0.968. The lowest BCUT2D eigenvalue weighted by Gasteiger charge is -2.27. The van der Waals surface area contributed by atoms with Gasteiger partial charge < -0.3 is 14.6 Å². The Kier molecular flexibility index (Phi) is 3.22. The van der Waals surface area contributed by atoms with Crippen molar-refractivity contribution in [2.45, 2.75) is 12.0 Å². The van der Waals surface area contributed by atoms with Gasteiger partial charge in [0.1, 0.15) is 0 Å². The maximum Gasteiger partial charge on any atom is 0.337 e. The number of hydrogen-bond donors (Lipinski definition) is 1. The van der Waals surface area contributed by atoms with Crippen LogP contribution in [0, 0.1) is 0 Å². The Hall–Kier alpha value is -1.39. The van der Waals surface area contributed by atoms with Crippen molar-refractivity contribution in [1.82, 2.24) is 0 Å². The lowest BCUT2D eigenvalue weighted by Crippen LogP contribution is -2.25. The quantitative estimate of drug-likeness (QED) is 0.840. The SMILES string of the molecule is COC(C(=O)O)c1cccc(C2COC2)c1. The molecule has 0 aromatic heterocycles. The molecule has 86 valence electrons. The third kappa shape index (κ3) is 2.08. The van der Waals surface area contributed by atoms with Crippen LogP contribution in [0.4, 0.5) is 0 Å². The summed E-state index contributed by atoms with van der Waals surface area (Å²) in [6.07, 6.45) is -0.888. The molecule has 1 heterocycles. The number of hydrogen-bond acceptors (Lipinski definition) is 3. The van der Waals surface area contributed by atoms with Crippen molar-refractivity contribution in [3.05, 3.63) is 35.4 Å². The molecule has 1 atom stereocenters. The third-order valence-electron chi connectivity index (χ3n) is 2.78. The van der Waals surface area contributed by atoms with Gasteiger partial charge in [-0.3, -0.25) is 0 Å². The number of carboxylic acids is 1. The van der Waals surface area contributed by atoms with Gasteiger partial charge in [-0.05, 0) is 11.1 Å². The topological polar surface area (TPSA) is 55.8 Å². The smallest absolute Gasteiger partial charge is 0.337 e. The van der Waals surface area contributed by atoms with Crippen LogP contribution in [0.3, 0.4) is 0 Å². The van der Waals surface area contributed by atoms with Crippen molar-refractivity contribution in [1.29, 1.82) is 0 Å². The van der Waals surface area contributed by atoms with Gasteiger partial charge in [0.2, 0.25) is 0 Å². The molecule has 0 amide bonds. The molecule has 1 aliphatic rings. The van der Waals surface area contributed by atoms with Crippen LogP contribution in [0.2, 0.25) is 0 Å². The van der Waals surface area contributed by atoms with Crippen molar-refractivity contribution in [2.24, 2.45) is 0 Å². The monoisotopic (exact) mass is 222 g/mol. The van der Waals surface area contributed by atoms with E-state index in [1.54, 1.807) is 6.07 Å². The summed E-state index contributed by atoms with van der Waals surface area (Å²) in [4.78, 5) is 10.9. The lowest BCUT2D eigenvalue weighted by atomic mass is 9.94. The van der Waals surface area contributed by atoms with E-state index in [-0.39, 0.29) is 0 Å². The number of benzene rings is 1. The van der Waals surface area contributed by atoms with E-state index < -0.39 is 12.1 Å². The highest BCUT2D eigenvalue weighted by Crippen LogP contribution is 2.27. The average molecular weight is 222 g/mol. The van der Waals surface area contributed by atoms with E-state index in [4.69, 9.17) is 14.6 Å². The number of aliphatic carboxylic acids is 1. The zero-order chi connectivity index (χ0) is 11.5. The van der Waals surface area contributed by atoms with Crippen LogP contribution in [-0.2, 0) is 14.3 Å². The number of carboxylic acid groups (broad SMARTS) is 1. The van der Waals surface area contributed by atoms with Crippen LogP contribution in [0.15, 0.2) is 24.3 Å². The molecule has 1 aromatic carbocycles. The first-order valence-electron chi connectivity index (χ1n) is 5.15. The Morgan fingerprint density at radius 1 is 1.56 bits per heavy atom. The van der Waals surface area contributed by atoms with Crippen molar-refractivity contribution in [3.63, 3.8) is 0 Å². The highest BCUT2D eigenvalue weighted by molar-refractivity contribution is 5.74. The fraction of sp³-hybridized carbons (Fsp3) is 0.417. The Labute approximate surface area is 93.8 Å². The van der Waals surface area contributed by atoms with E-state index in [0.717, 1.165) is 5.56 Å². The summed E-state index contributed by atoms with van der Waals surface area (Å²) in [5.41, 5.74) is 1.80. The molecule has 0 aliphatic carbocycles. The molecule has 1 fully saturated rings.